The van der Waals surface area contributed by atoms with E-state index in [-0.39, 0.29) is 12.5 Å². The second-order valence-corrected chi connectivity index (χ2v) is 4.74. The monoisotopic (exact) mass is 309 g/mol. The van der Waals surface area contributed by atoms with Gasteiger partial charge in [-0.05, 0) is 36.4 Å². The molecule has 0 spiro atoms. The Hall–Kier alpha value is -3.15. The normalized spacial score (nSPS) is 10.3. The molecule has 0 radical (unpaired) electrons. The molecule has 116 valence electrons. The Kier molecular flexibility index (Phi) is 4.33. The number of rotatable bonds is 5. The molecule has 0 aliphatic carbocycles. The Labute approximate surface area is 133 Å². The molecule has 6 heteroatoms. The van der Waals surface area contributed by atoms with Crippen molar-refractivity contribution in [1.82, 2.24) is 15.3 Å². The Morgan fingerprint density at radius 3 is 2.65 bits per heavy atom. The van der Waals surface area contributed by atoms with E-state index in [9.17, 15) is 4.79 Å². The van der Waals surface area contributed by atoms with E-state index in [0.717, 1.165) is 0 Å². The van der Waals surface area contributed by atoms with Gasteiger partial charge in [-0.25, -0.2) is 4.98 Å². The van der Waals surface area contributed by atoms with Crippen LogP contribution in [0.15, 0.2) is 59.5 Å². The SMILES string of the molecule is COc1ccc(C(=O)NCc2nccnc2-c2ccco2)cc1. The smallest absolute Gasteiger partial charge is 0.251 e. The number of nitrogens with zero attached hydrogens (tertiary/aromatic N) is 2. The minimum Gasteiger partial charge on any atom is -0.497 e. The van der Waals surface area contributed by atoms with E-state index in [1.54, 1.807) is 62.2 Å². The quantitative estimate of drug-likeness (QED) is 0.784. The van der Waals surface area contributed by atoms with Crippen molar-refractivity contribution in [3.8, 4) is 17.2 Å². The van der Waals surface area contributed by atoms with Crippen LogP contribution in [0.2, 0.25) is 0 Å². The van der Waals surface area contributed by atoms with Crippen LogP contribution in [0, 0.1) is 0 Å². The predicted molar refractivity (Wildman–Crippen MR) is 83.9 cm³/mol. The van der Waals surface area contributed by atoms with Crippen LogP contribution < -0.4 is 10.1 Å². The van der Waals surface area contributed by atoms with E-state index in [4.69, 9.17) is 9.15 Å². The molecule has 1 aromatic carbocycles. The van der Waals surface area contributed by atoms with Crippen molar-refractivity contribution >= 4 is 5.91 Å². The third-order valence-electron chi connectivity index (χ3n) is 3.30. The Morgan fingerprint density at radius 1 is 1.17 bits per heavy atom. The van der Waals surface area contributed by atoms with E-state index < -0.39 is 0 Å². The van der Waals surface area contributed by atoms with Gasteiger partial charge < -0.3 is 14.5 Å². The van der Waals surface area contributed by atoms with E-state index in [1.165, 1.54) is 0 Å². The van der Waals surface area contributed by atoms with Gasteiger partial charge in [0.1, 0.15) is 11.4 Å². The van der Waals surface area contributed by atoms with Crippen LogP contribution in [0.3, 0.4) is 0 Å². The molecule has 0 bridgehead atoms. The number of methoxy groups -OCH3 is 1. The average molecular weight is 309 g/mol. The molecule has 1 N–H and O–H groups in total. The van der Waals surface area contributed by atoms with Gasteiger partial charge in [0.05, 0.1) is 25.6 Å². The average Bonchev–Trinajstić information content (AvgIpc) is 3.14. The molecule has 0 saturated heterocycles. The summed E-state index contributed by atoms with van der Waals surface area (Å²) in [5.41, 5.74) is 1.81. The highest BCUT2D eigenvalue weighted by Crippen LogP contribution is 2.20. The lowest BCUT2D eigenvalue weighted by molar-refractivity contribution is 0.0950. The summed E-state index contributed by atoms with van der Waals surface area (Å²) < 4.78 is 10.4. The zero-order valence-electron chi connectivity index (χ0n) is 12.5. The van der Waals surface area contributed by atoms with E-state index >= 15 is 0 Å². The lowest BCUT2D eigenvalue weighted by Gasteiger charge is -2.08. The predicted octanol–water partition coefficient (Wildman–Crippen LogP) is 2.68. The number of furan rings is 1. The van der Waals surface area contributed by atoms with Gasteiger partial charge in [0.25, 0.3) is 5.91 Å². The summed E-state index contributed by atoms with van der Waals surface area (Å²) in [5.74, 6) is 1.13. The van der Waals surface area contributed by atoms with Crippen molar-refractivity contribution in [2.24, 2.45) is 0 Å². The summed E-state index contributed by atoms with van der Waals surface area (Å²) in [6.45, 7) is 0.259. The highest BCUT2D eigenvalue weighted by molar-refractivity contribution is 5.94. The summed E-state index contributed by atoms with van der Waals surface area (Å²) in [7, 11) is 1.58. The van der Waals surface area contributed by atoms with Gasteiger partial charge in [-0.2, -0.15) is 0 Å². The fourth-order valence-electron chi connectivity index (χ4n) is 2.12. The summed E-state index contributed by atoms with van der Waals surface area (Å²) >= 11 is 0. The number of hydrogen-bond acceptors (Lipinski definition) is 5. The molecule has 3 rings (SSSR count). The van der Waals surface area contributed by atoms with Crippen LogP contribution >= 0.6 is 0 Å². The van der Waals surface area contributed by atoms with Gasteiger partial charge in [-0.3, -0.25) is 9.78 Å². The maximum Gasteiger partial charge on any atom is 0.251 e. The van der Waals surface area contributed by atoms with Crippen molar-refractivity contribution < 1.29 is 13.9 Å². The molecule has 0 aliphatic heterocycles. The molecule has 6 nitrogen and oxygen atoms in total. The standard InChI is InChI=1S/C17H15N3O3/c1-22-13-6-4-12(5-7-13)17(21)20-11-14-16(19-9-8-18-14)15-3-2-10-23-15/h2-10H,11H2,1H3,(H,20,21). The van der Waals surface area contributed by atoms with Crippen molar-refractivity contribution in [2.75, 3.05) is 7.11 Å². The van der Waals surface area contributed by atoms with Crippen LogP contribution in [0.4, 0.5) is 0 Å². The Morgan fingerprint density at radius 2 is 1.96 bits per heavy atom. The number of aromatic nitrogens is 2. The molecule has 0 atom stereocenters. The molecule has 1 amide bonds. The maximum absolute atomic E-state index is 12.2. The van der Waals surface area contributed by atoms with Crippen LogP contribution in [0.25, 0.3) is 11.5 Å². The fraction of sp³-hybridized carbons (Fsp3) is 0.118. The molecule has 0 saturated carbocycles. The maximum atomic E-state index is 12.2. The van der Waals surface area contributed by atoms with E-state index in [2.05, 4.69) is 15.3 Å². The Bertz CT molecular complexity index is 783. The van der Waals surface area contributed by atoms with Crippen molar-refractivity contribution in [3.05, 3.63) is 66.3 Å². The highest BCUT2D eigenvalue weighted by atomic mass is 16.5. The van der Waals surface area contributed by atoms with Crippen LogP contribution in [0.5, 0.6) is 5.75 Å². The van der Waals surface area contributed by atoms with Crippen LogP contribution in [0.1, 0.15) is 16.1 Å². The zero-order chi connectivity index (χ0) is 16.1. The first-order chi connectivity index (χ1) is 11.3. The minimum atomic E-state index is -0.191. The lowest BCUT2D eigenvalue weighted by atomic mass is 10.2. The molecule has 0 fully saturated rings. The fourth-order valence-corrected chi connectivity index (χ4v) is 2.12. The van der Waals surface area contributed by atoms with Crippen molar-refractivity contribution in [1.29, 1.82) is 0 Å². The zero-order valence-corrected chi connectivity index (χ0v) is 12.5. The first kappa shape index (κ1) is 14.8. The summed E-state index contributed by atoms with van der Waals surface area (Å²) in [5, 5.41) is 2.83. The lowest BCUT2D eigenvalue weighted by Crippen LogP contribution is -2.23. The largest absolute Gasteiger partial charge is 0.497 e. The van der Waals surface area contributed by atoms with Crippen LogP contribution in [-0.2, 0) is 6.54 Å². The summed E-state index contributed by atoms with van der Waals surface area (Å²) in [6.07, 6.45) is 4.75. The molecular weight excluding hydrogens is 294 g/mol. The first-order valence-corrected chi connectivity index (χ1v) is 7.04. The third-order valence-corrected chi connectivity index (χ3v) is 3.30. The third kappa shape index (κ3) is 3.37. The Balaban J connectivity index is 1.72. The number of nitrogens with one attached hydrogen (secondary N) is 1. The molecular formula is C17H15N3O3. The molecule has 2 heterocycles. The number of hydrogen-bond donors (Lipinski definition) is 1. The number of carbonyl (C=O) groups excluding carboxylic acids is 1. The van der Waals surface area contributed by atoms with Crippen LogP contribution in [-0.4, -0.2) is 23.0 Å². The van der Waals surface area contributed by atoms with E-state index in [1.807, 2.05) is 0 Å². The first-order valence-electron chi connectivity index (χ1n) is 7.04. The number of ether oxygens (including phenoxy) is 1. The second-order valence-electron chi connectivity index (χ2n) is 4.74. The van der Waals surface area contributed by atoms with Gasteiger partial charge in [-0.15, -0.1) is 0 Å². The molecule has 0 unspecified atom stereocenters. The number of benzene rings is 1. The molecule has 23 heavy (non-hydrogen) atoms. The van der Waals surface area contributed by atoms with Gasteiger partial charge in [-0.1, -0.05) is 0 Å². The summed E-state index contributed by atoms with van der Waals surface area (Å²) in [6, 6.07) is 10.5. The second kappa shape index (κ2) is 6.74. The number of carbonyl (C=O) groups is 1. The molecule has 3 aromatic rings. The van der Waals surface area contributed by atoms with Gasteiger partial charge in [0.15, 0.2) is 5.76 Å². The highest BCUT2D eigenvalue weighted by Gasteiger charge is 2.12. The van der Waals surface area contributed by atoms with Gasteiger partial charge in [0, 0.05) is 18.0 Å². The van der Waals surface area contributed by atoms with Gasteiger partial charge in [0.2, 0.25) is 0 Å². The molecule has 2 aromatic heterocycles. The van der Waals surface area contributed by atoms with E-state index in [0.29, 0.717) is 28.5 Å². The minimum absolute atomic E-state index is 0.191. The number of amides is 1. The molecule has 0 aliphatic rings. The van der Waals surface area contributed by atoms with Gasteiger partial charge >= 0.3 is 0 Å². The summed E-state index contributed by atoms with van der Waals surface area (Å²) in [4.78, 5) is 20.7. The van der Waals surface area contributed by atoms with Crippen molar-refractivity contribution in [3.63, 3.8) is 0 Å². The topological polar surface area (TPSA) is 77.2 Å². The van der Waals surface area contributed by atoms with Crippen molar-refractivity contribution in [2.45, 2.75) is 6.54 Å².